The number of imidazole rings is 1. The zero-order valence-electron chi connectivity index (χ0n) is 11.2. The molecule has 11 heteroatoms. The van der Waals surface area contributed by atoms with Crippen LogP contribution in [-0.2, 0) is 17.5 Å². The van der Waals surface area contributed by atoms with Crippen molar-refractivity contribution in [3.63, 3.8) is 0 Å². The zero-order chi connectivity index (χ0) is 17.2. The van der Waals surface area contributed by atoms with Crippen LogP contribution >= 0.6 is 11.6 Å². The molecule has 1 amide bonds. The first-order valence-electron chi connectivity index (χ1n) is 6.00. The highest BCUT2D eigenvalue weighted by molar-refractivity contribution is 6.34. The van der Waals surface area contributed by atoms with E-state index < -0.39 is 40.6 Å². The molecule has 0 spiro atoms. The van der Waals surface area contributed by atoms with Gasteiger partial charge in [-0.25, -0.2) is 0 Å². The summed E-state index contributed by atoms with van der Waals surface area (Å²) >= 11 is 5.71. The molecule has 0 aliphatic heterocycles. The molecule has 0 aliphatic carbocycles. The van der Waals surface area contributed by atoms with Gasteiger partial charge in [0.05, 0.1) is 16.3 Å². The van der Waals surface area contributed by atoms with Crippen LogP contribution in [0.3, 0.4) is 0 Å². The predicted molar refractivity (Wildman–Crippen MR) is 74.0 cm³/mol. The number of benzene rings is 1. The van der Waals surface area contributed by atoms with Crippen LogP contribution in [0, 0.1) is 10.1 Å². The van der Waals surface area contributed by atoms with Crippen molar-refractivity contribution in [2.45, 2.75) is 12.7 Å². The fraction of sp³-hybridized carbons (Fsp3) is 0.167. The number of nitrogens with zero attached hydrogens (tertiary/aromatic N) is 3. The second-order valence-electron chi connectivity index (χ2n) is 4.37. The van der Waals surface area contributed by atoms with Crippen molar-refractivity contribution >= 4 is 29.0 Å². The maximum absolute atomic E-state index is 12.9. The SMILES string of the molecule is O=C(Cn1cnc([N+](=O)[O-])c1)Nc1c(Cl)cccc1C(F)(F)F. The summed E-state index contributed by atoms with van der Waals surface area (Å²) in [5.74, 6) is -1.32. The first-order chi connectivity index (χ1) is 10.7. The monoisotopic (exact) mass is 348 g/mol. The highest BCUT2D eigenvalue weighted by Crippen LogP contribution is 2.38. The third-order valence-corrected chi connectivity index (χ3v) is 3.03. The van der Waals surface area contributed by atoms with Crippen molar-refractivity contribution in [1.29, 1.82) is 0 Å². The van der Waals surface area contributed by atoms with Gasteiger partial charge in [-0.05, 0) is 22.0 Å². The quantitative estimate of drug-likeness (QED) is 0.679. The minimum Gasteiger partial charge on any atom is -0.358 e. The molecule has 7 nitrogen and oxygen atoms in total. The van der Waals surface area contributed by atoms with Crippen LogP contribution in [0.25, 0.3) is 0 Å². The van der Waals surface area contributed by atoms with Crippen molar-refractivity contribution in [2.75, 3.05) is 5.32 Å². The third-order valence-electron chi connectivity index (χ3n) is 2.72. The smallest absolute Gasteiger partial charge is 0.358 e. The minimum atomic E-state index is -4.69. The molecule has 1 aromatic carbocycles. The summed E-state index contributed by atoms with van der Waals surface area (Å²) in [6.45, 7) is -0.455. The number of para-hydroxylation sites is 1. The molecule has 23 heavy (non-hydrogen) atoms. The summed E-state index contributed by atoms with van der Waals surface area (Å²) in [7, 11) is 0. The summed E-state index contributed by atoms with van der Waals surface area (Å²) in [5.41, 5.74) is -1.66. The van der Waals surface area contributed by atoms with Gasteiger partial charge in [-0.2, -0.15) is 13.2 Å². The summed E-state index contributed by atoms with van der Waals surface area (Å²) in [6.07, 6.45) is -2.69. The highest BCUT2D eigenvalue weighted by Gasteiger charge is 2.34. The van der Waals surface area contributed by atoms with Crippen molar-refractivity contribution in [3.05, 3.63) is 51.4 Å². The van der Waals surface area contributed by atoms with E-state index in [9.17, 15) is 28.1 Å². The van der Waals surface area contributed by atoms with Crippen LogP contribution in [0.2, 0.25) is 5.02 Å². The first kappa shape index (κ1) is 16.7. The number of carbonyl (C=O) groups excluding carboxylic acids is 1. The molecule has 0 unspecified atom stereocenters. The third kappa shape index (κ3) is 3.97. The van der Waals surface area contributed by atoms with Crippen molar-refractivity contribution < 1.29 is 22.9 Å². The Balaban J connectivity index is 2.18. The average Bonchev–Trinajstić information content (AvgIpc) is 2.88. The Labute approximate surface area is 131 Å². The standard InChI is InChI=1S/C12H8ClF3N4O3/c13-8-3-1-2-7(12(14,15)16)11(8)18-10(21)5-19-4-9(17-6-19)20(22)23/h1-4,6H,5H2,(H,18,21). The maximum Gasteiger partial charge on any atom is 0.418 e. The van der Waals surface area contributed by atoms with Gasteiger partial charge < -0.3 is 20.0 Å². The van der Waals surface area contributed by atoms with Gasteiger partial charge >= 0.3 is 12.0 Å². The van der Waals surface area contributed by atoms with Crippen molar-refractivity contribution in [3.8, 4) is 0 Å². The number of carbonyl (C=O) groups is 1. The van der Waals surface area contributed by atoms with Gasteiger partial charge in [0.25, 0.3) is 0 Å². The van der Waals surface area contributed by atoms with Crippen LogP contribution < -0.4 is 5.32 Å². The zero-order valence-corrected chi connectivity index (χ0v) is 11.9. The fourth-order valence-corrected chi connectivity index (χ4v) is 1.98. The Kier molecular flexibility index (Phi) is 4.55. The molecular weight excluding hydrogens is 341 g/mol. The van der Waals surface area contributed by atoms with E-state index in [1.165, 1.54) is 6.07 Å². The maximum atomic E-state index is 12.9. The summed E-state index contributed by atoms with van der Waals surface area (Å²) in [6, 6.07) is 3.10. The lowest BCUT2D eigenvalue weighted by Gasteiger charge is -2.15. The van der Waals surface area contributed by atoms with Gasteiger partial charge in [0.2, 0.25) is 12.2 Å². The first-order valence-corrected chi connectivity index (χ1v) is 6.38. The van der Waals surface area contributed by atoms with Crippen LogP contribution in [0.15, 0.2) is 30.7 Å². The van der Waals surface area contributed by atoms with E-state index in [1.807, 2.05) is 0 Å². The van der Waals surface area contributed by atoms with Crippen LogP contribution in [0.4, 0.5) is 24.7 Å². The fourth-order valence-electron chi connectivity index (χ4n) is 1.76. The molecule has 0 radical (unpaired) electrons. The number of anilines is 1. The summed E-state index contributed by atoms with van der Waals surface area (Å²) in [4.78, 5) is 25.0. The van der Waals surface area contributed by atoms with Crippen LogP contribution in [0.5, 0.6) is 0 Å². The van der Waals surface area contributed by atoms with E-state index in [0.717, 1.165) is 29.2 Å². The molecule has 1 heterocycles. The van der Waals surface area contributed by atoms with E-state index in [-0.39, 0.29) is 5.02 Å². The predicted octanol–water partition coefficient (Wildman–Crippen LogP) is 3.10. The molecule has 2 rings (SSSR count). The van der Waals surface area contributed by atoms with Crippen molar-refractivity contribution in [1.82, 2.24) is 9.55 Å². The molecule has 0 bridgehead atoms. The number of halogens is 4. The van der Waals surface area contributed by atoms with E-state index in [1.54, 1.807) is 0 Å². The Morgan fingerprint density at radius 3 is 2.70 bits per heavy atom. The number of hydrogen-bond donors (Lipinski definition) is 1. The van der Waals surface area contributed by atoms with E-state index in [4.69, 9.17) is 11.6 Å². The lowest BCUT2D eigenvalue weighted by molar-refractivity contribution is -0.389. The largest absolute Gasteiger partial charge is 0.418 e. The number of aromatic nitrogens is 2. The molecule has 0 saturated carbocycles. The van der Waals surface area contributed by atoms with Gasteiger partial charge in [-0.3, -0.25) is 4.79 Å². The number of rotatable bonds is 4. The molecule has 1 N–H and O–H groups in total. The average molecular weight is 349 g/mol. The lowest BCUT2D eigenvalue weighted by Crippen LogP contribution is -2.21. The highest BCUT2D eigenvalue weighted by atomic mass is 35.5. The normalized spacial score (nSPS) is 11.3. The van der Waals surface area contributed by atoms with Gasteiger partial charge in [0.1, 0.15) is 12.7 Å². The van der Waals surface area contributed by atoms with E-state index in [2.05, 4.69) is 10.3 Å². The molecule has 0 saturated heterocycles. The molecular formula is C12H8ClF3N4O3. The minimum absolute atomic E-state index is 0.273. The van der Waals surface area contributed by atoms with Gasteiger partial charge in [0, 0.05) is 0 Å². The van der Waals surface area contributed by atoms with Gasteiger partial charge in [0.15, 0.2) is 0 Å². The van der Waals surface area contributed by atoms with Crippen LogP contribution in [-0.4, -0.2) is 20.4 Å². The number of alkyl halides is 3. The van der Waals surface area contributed by atoms with Gasteiger partial charge in [-0.15, -0.1) is 0 Å². The topological polar surface area (TPSA) is 90.1 Å². The Hall–Kier alpha value is -2.62. The molecule has 2 aromatic rings. The van der Waals surface area contributed by atoms with Gasteiger partial charge in [-0.1, -0.05) is 17.7 Å². The second-order valence-corrected chi connectivity index (χ2v) is 4.78. The number of hydrogen-bond acceptors (Lipinski definition) is 4. The molecule has 0 atom stereocenters. The summed E-state index contributed by atoms with van der Waals surface area (Å²) < 4.78 is 39.8. The molecule has 0 aliphatic rings. The lowest BCUT2D eigenvalue weighted by atomic mass is 10.1. The second kappa shape index (κ2) is 6.24. The number of nitro groups is 1. The molecule has 0 fully saturated rings. The Morgan fingerprint density at radius 2 is 2.13 bits per heavy atom. The Morgan fingerprint density at radius 1 is 1.43 bits per heavy atom. The summed E-state index contributed by atoms with van der Waals surface area (Å²) in [5, 5.41) is 12.3. The van der Waals surface area contributed by atoms with E-state index in [0.29, 0.717) is 0 Å². The number of nitrogens with one attached hydrogen (secondary N) is 1. The number of amides is 1. The van der Waals surface area contributed by atoms with E-state index >= 15 is 0 Å². The Bertz CT molecular complexity index is 760. The van der Waals surface area contributed by atoms with Crippen LogP contribution in [0.1, 0.15) is 5.56 Å². The molecule has 1 aromatic heterocycles. The van der Waals surface area contributed by atoms with Crippen molar-refractivity contribution in [2.24, 2.45) is 0 Å². The molecule has 122 valence electrons.